The summed E-state index contributed by atoms with van der Waals surface area (Å²) in [6.45, 7) is 0.725. The molecule has 0 aliphatic rings. The van der Waals surface area contributed by atoms with Crippen molar-refractivity contribution < 1.29 is 22.8 Å². The largest absolute Gasteiger partial charge is 0.493 e. The number of rotatable bonds is 6. The summed E-state index contributed by atoms with van der Waals surface area (Å²) in [6, 6.07) is 18.4. The number of para-hydroxylation sites is 1. The van der Waals surface area contributed by atoms with Gasteiger partial charge in [0.15, 0.2) is 0 Å². The lowest BCUT2D eigenvalue weighted by Crippen LogP contribution is -2.02. The van der Waals surface area contributed by atoms with Crippen LogP contribution in [-0.4, -0.2) is 37.5 Å². The summed E-state index contributed by atoms with van der Waals surface area (Å²) in [6.07, 6.45) is 2.25. The van der Waals surface area contributed by atoms with Gasteiger partial charge in [-0.05, 0) is 17.2 Å². The van der Waals surface area contributed by atoms with Crippen LogP contribution in [0.1, 0.15) is 17.5 Å². The average Bonchev–Trinajstić information content (AvgIpc) is 2.49. The maximum absolute atomic E-state index is 9.19. The molecule has 2 aromatic rings. The van der Waals surface area contributed by atoms with Gasteiger partial charge in [-0.3, -0.25) is 4.55 Å². The predicted octanol–water partition coefficient (Wildman–Crippen LogP) is 2.54. The van der Waals surface area contributed by atoms with Crippen LogP contribution in [0.4, 0.5) is 0 Å². The van der Waals surface area contributed by atoms with Gasteiger partial charge >= 0.3 is 0 Å². The predicted molar refractivity (Wildman–Crippen MR) is 90.4 cm³/mol. The van der Waals surface area contributed by atoms with Crippen LogP contribution in [0.15, 0.2) is 54.6 Å². The Kier molecular flexibility index (Phi) is 8.32. The zero-order chi connectivity index (χ0) is 17.1. The van der Waals surface area contributed by atoms with Crippen LogP contribution in [0, 0.1) is 0 Å². The van der Waals surface area contributed by atoms with Gasteiger partial charge in [0.2, 0.25) is 0 Å². The van der Waals surface area contributed by atoms with E-state index in [1.807, 2.05) is 36.4 Å². The second kappa shape index (κ2) is 9.99. The first-order valence-corrected chi connectivity index (χ1v) is 9.03. The molecule has 2 aromatic carbocycles. The van der Waals surface area contributed by atoms with E-state index in [4.69, 9.17) is 14.4 Å². The molecule has 0 saturated heterocycles. The molecule has 5 nitrogen and oxygen atoms in total. The van der Waals surface area contributed by atoms with Crippen molar-refractivity contribution in [2.45, 2.75) is 12.8 Å². The van der Waals surface area contributed by atoms with Crippen molar-refractivity contribution >= 4 is 10.1 Å². The molecule has 0 spiro atoms. The highest BCUT2D eigenvalue weighted by Gasteiger charge is 2.03. The summed E-state index contributed by atoms with van der Waals surface area (Å²) in [5.74, 6) is 0.912. The first-order valence-electron chi connectivity index (χ1n) is 7.18. The third-order valence-corrected chi connectivity index (χ3v) is 2.77. The van der Waals surface area contributed by atoms with Crippen LogP contribution < -0.4 is 4.74 Å². The van der Waals surface area contributed by atoms with Gasteiger partial charge in [0, 0.05) is 19.4 Å². The summed E-state index contributed by atoms with van der Waals surface area (Å²) in [5, 5.41) is 8.77. The quantitative estimate of drug-likeness (QED) is 0.625. The SMILES string of the molecule is CS(=O)(=O)O.OCCCOc1ccccc1Cc1ccccc1. The van der Waals surface area contributed by atoms with E-state index in [0.29, 0.717) is 19.3 Å². The molecule has 6 heteroatoms. The Morgan fingerprint density at radius 2 is 1.57 bits per heavy atom. The van der Waals surface area contributed by atoms with Crippen LogP contribution in [-0.2, 0) is 16.5 Å². The van der Waals surface area contributed by atoms with Gasteiger partial charge in [-0.1, -0.05) is 48.5 Å². The minimum atomic E-state index is -3.67. The third kappa shape index (κ3) is 9.67. The van der Waals surface area contributed by atoms with Gasteiger partial charge in [0.25, 0.3) is 10.1 Å². The van der Waals surface area contributed by atoms with Gasteiger partial charge in [-0.25, -0.2) is 0 Å². The number of benzene rings is 2. The Morgan fingerprint density at radius 1 is 1.00 bits per heavy atom. The Morgan fingerprint density at radius 3 is 2.17 bits per heavy atom. The molecule has 0 amide bonds. The summed E-state index contributed by atoms with van der Waals surface area (Å²) in [5.41, 5.74) is 2.46. The second-order valence-electron chi connectivity index (χ2n) is 4.93. The van der Waals surface area contributed by atoms with Crippen molar-refractivity contribution in [2.24, 2.45) is 0 Å². The van der Waals surface area contributed by atoms with E-state index in [1.54, 1.807) is 0 Å². The average molecular weight is 338 g/mol. The maximum Gasteiger partial charge on any atom is 0.261 e. The monoisotopic (exact) mass is 338 g/mol. The molecule has 0 fully saturated rings. The first-order chi connectivity index (χ1) is 10.9. The molecule has 0 atom stereocenters. The van der Waals surface area contributed by atoms with Crippen LogP contribution in [0.5, 0.6) is 5.75 Å². The van der Waals surface area contributed by atoms with E-state index in [0.717, 1.165) is 12.2 Å². The summed E-state index contributed by atoms with van der Waals surface area (Å²) >= 11 is 0. The minimum absolute atomic E-state index is 0.168. The van der Waals surface area contributed by atoms with Gasteiger partial charge in [-0.2, -0.15) is 8.42 Å². The van der Waals surface area contributed by atoms with Crippen molar-refractivity contribution in [3.05, 3.63) is 65.7 Å². The maximum atomic E-state index is 9.19. The number of hydrogen-bond donors (Lipinski definition) is 2. The second-order valence-corrected chi connectivity index (χ2v) is 6.39. The highest BCUT2D eigenvalue weighted by molar-refractivity contribution is 7.85. The molecule has 0 saturated carbocycles. The van der Waals surface area contributed by atoms with Crippen LogP contribution in [0.2, 0.25) is 0 Å². The molecule has 0 unspecified atom stereocenters. The van der Waals surface area contributed by atoms with E-state index >= 15 is 0 Å². The fourth-order valence-electron chi connectivity index (χ4n) is 1.85. The molecule has 0 aliphatic carbocycles. The first kappa shape index (κ1) is 19.2. The lowest BCUT2D eigenvalue weighted by molar-refractivity contribution is 0.232. The fourth-order valence-corrected chi connectivity index (χ4v) is 1.85. The van der Waals surface area contributed by atoms with Gasteiger partial charge in [0.05, 0.1) is 12.9 Å². The summed E-state index contributed by atoms with van der Waals surface area (Å²) < 4.78 is 31.6. The van der Waals surface area contributed by atoms with Crippen molar-refractivity contribution in [1.29, 1.82) is 0 Å². The van der Waals surface area contributed by atoms with Crippen molar-refractivity contribution in [3.8, 4) is 5.75 Å². The third-order valence-electron chi connectivity index (χ3n) is 2.77. The molecule has 0 aliphatic heterocycles. The molecule has 0 heterocycles. The molecule has 0 aromatic heterocycles. The lowest BCUT2D eigenvalue weighted by Gasteiger charge is -2.11. The van der Waals surface area contributed by atoms with Gasteiger partial charge in [-0.15, -0.1) is 0 Å². The molecule has 23 heavy (non-hydrogen) atoms. The Labute approximate surface area is 137 Å². The Hall–Kier alpha value is -1.89. The molecule has 126 valence electrons. The summed E-state index contributed by atoms with van der Waals surface area (Å²) in [4.78, 5) is 0. The molecular formula is C17H22O5S. The number of aliphatic hydroxyl groups is 1. The molecular weight excluding hydrogens is 316 g/mol. The lowest BCUT2D eigenvalue weighted by atomic mass is 10.0. The highest BCUT2D eigenvalue weighted by atomic mass is 32.2. The van der Waals surface area contributed by atoms with E-state index in [2.05, 4.69) is 18.2 Å². The van der Waals surface area contributed by atoms with Gasteiger partial charge < -0.3 is 9.84 Å². The summed E-state index contributed by atoms with van der Waals surface area (Å²) in [7, 11) is -3.67. The number of aliphatic hydroxyl groups excluding tert-OH is 1. The van der Waals surface area contributed by atoms with Crippen LogP contribution >= 0.6 is 0 Å². The Balaban J connectivity index is 0.000000463. The number of ether oxygens (including phenoxy) is 1. The molecule has 0 bridgehead atoms. The van der Waals surface area contributed by atoms with Gasteiger partial charge in [0.1, 0.15) is 5.75 Å². The van der Waals surface area contributed by atoms with E-state index in [9.17, 15) is 8.42 Å². The normalized spacial score (nSPS) is 10.6. The Bertz CT molecular complexity index is 660. The number of hydrogen-bond acceptors (Lipinski definition) is 4. The van der Waals surface area contributed by atoms with Crippen LogP contribution in [0.3, 0.4) is 0 Å². The van der Waals surface area contributed by atoms with Crippen molar-refractivity contribution in [1.82, 2.24) is 0 Å². The standard InChI is InChI=1S/C16H18O2.CH4O3S/c17-11-6-12-18-16-10-5-4-9-15(16)13-14-7-2-1-3-8-14;1-5(2,3)4/h1-5,7-10,17H,6,11-13H2;1H3,(H,2,3,4). The minimum Gasteiger partial charge on any atom is -0.493 e. The smallest absolute Gasteiger partial charge is 0.261 e. The molecule has 2 rings (SSSR count). The van der Waals surface area contributed by atoms with E-state index < -0.39 is 10.1 Å². The van der Waals surface area contributed by atoms with Crippen molar-refractivity contribution in [2.75, 3.05) is 19.5 Å². The van der Waals surface area contributed by atoms with Crippen molar-refractivity contribution in [3.63, 3.8) is 0 Å². The zero-order valence-corrected chi connectivity index (χ0v) is 13.9. The molecule has 2 N–H and O–H groups in total. The van der Waals surface area contributed by atoms with E-state index in [-0.39, 0.29) is 6.61 Å². The van der Waals surface area contributed by atoms with E-state index in [1.165, 1.54) is 11.1 Å². The highest BCUT2D eigenvalue weighted by Crippen LogP contribution is 2.21. The topological polar surface area (TPSA) is 83.8 Å². The molecule has 0 radical (unpaired) electrons. The zero-order valence-electron chi connectivity index (χ0n) is 13.1. The fraction of sp³-hybridized carbons (Fsp3) is 0.294. The van der Waals surface area contributed by atoms with Crippen LogP contribution in [0.25, 0.3) is 0 Å².